The molecule has 49 heavy (non-hydrogen) atoms. The summed E-state index contributed by atoms with van der Waals surface area (Å²) in [7, 11) is 0. The Morgan fingerprint density at radius 3 is 1.16 bits per heavy atom. The van der Waals surface area contributed by atoms with E-state index in [1.54, 1.807) is 6.07 Å². The van der Waals surface area contributed by atoms with E-state index in [2.05, 4.69) is 13.8 Å². The maximum atomic E-state index is 13.8. The number of nitrogens with two attached hydrogens (primary N) is 1. The molecule has 0 atom stereocenters. The van der Waals surface area contributed by atoms with Gasteiger partial charge in [-0.05, 0) is 18.9 Å². The van der Waals surface area contributed by atoms with Gasteiger partial charge in [0.25, 0.3) is 5.91 Å². The number of aromatic hydroxyl groups is 1. The molecule has 0 radical (unpaired) electrons. The number of phenolic OH excluding ortho intramolecular Hbond substituents is 1. The van der Waals surface area contributed by atoms with E-state index in [9.17, 15) is 9.90 Å². The second-order valence-corrected chi connectivity index (χ2v) is 15.1. The molecule has 0 aromatic heterocycles. The lowest BCUT2D eigenvalue weighted by molar-refractivity contribution is 0.0746. The molecular weight excluding hydrogens is 601 g/mol. The molecule has 2 rings (SSSR count). The summed E-state index contributed by atoms with van der Waals surface area (Å²) in [6, 6.07) is 9.25. The number of carbonyl (C=O) groups excluding carboxylic acids is 1. The number of nitrogens with zero attached hydrogens (tertiary/aromatic N) is 1. The van der Waals surface area contributed by atoms with E-state index in [-0.39, 0.29) is 11.7 Å². The molecular formula is C45H78N2O2. The van der Waals surface area contributed by atoms with Crippen LogP contribution in [0.4, 0.5) is 5.69 Å². The van der Waals surface area contributed by atoms with E-state index in [1.165, 1.54) is 167 Å². The first-order valence-electron chi connectivity index (χ1n) is 21.4. The Morgan fingerprint density at radius 1 is 0.510 bits per heavy atom. The van der Waals surface area contributed by atoms with Gasteiger partial charge in [0.1, 0.15) is 5.75 Å². The van der Waals surface area contributed by atoms with Gasteiger partial charge >= 0.3 is 0 Å². The van der Waals surface area contributed by atoms with Gasteiger partial charge in [-0.1, -0.05) is 218 Å². The van der Waals surface area contributed by atoms with Crippen LogP contribution >= 0.6 is 0 Å². The van der Waals surface area contributed by atoms with Crippen molar-refractivity contribution >= 4 is 22.4 Å². The summed E-state index contributed by atoms with van der Waals surface area (Å²) in [5, 5.41) is 12.6. The van der Waals surface area contributed by atoms with Gasteiger partial charge in [0.2, 0.25) is 0 Å². The number of benzene rings is 2. The van der Waals surface area contributed by atoms with Crippen LogP contribution < -0.4 is 5.73 Å². The van der Waals surface area contributed by atoms with Crippen molar-refractivity contribution in [1.29, 1.82) is 0 Å². The van der Waals surface area contributed by atoms with Crippen molar-refractivity contribution in [2.24, 2.45) is 0 Å². The van der Waals surface area contributed by atoms with E-state index in [4.69, 9.17) is 5.73 Å². The normalized spacial score (nSPS) is 11.5. The van der Waals surface area contributed by atoms with E-state index >= 15 is 0 Å². The Bertz CT molecular complexity index is 1050. The van der Waals surface area contributed by atoms with Crippen LogP contribution in [0.2, 0.25) is 0 Å². The molecule has 2 aromatic carbocycles. The van der Waals surface area contributed by atoms with E-state index < -0.39 is 0 Å². The molecule has 0 aliphatic heterocycles. The molecule has 4 nitrogen and oxygen atoms in total. The number of rotatable bonds is 33. The van der Waals surface area contributed by atoms with Crippen molar-refractivity contribution in [2.75, 3.05) is 18.8 Å². The van der Waals surface area contributed by atoms with E-state index in [1.807, 2.05) is 29.2 Å². The number of fused-ring (bicyclic) bond motifs is 1. The highest BCUT2D eigenvalue weighted by atomic mass is 16.3. The number of nitrogen functional groups attached to an aromatic ring is 1. The van der Waals surface area contributed by atoms with Crippen LogP contribution in [0, 0.1) is 0 Å². The second kappa shape index (κ2) is 29.5. The third-order valence-corrected chi connectivity index (χ3v) is 10.6. The highest BCUT2D eigenvalue weighted by Gasteiger charge is 2.21. The zero-order valence-electron chi connectivity index (χ0n) is 32.4. The SMILES string of the molecule is CCCCCCCCCCCCCCCCCN(CCCCCCCCCCCCCCCCC)C(=O)c1cc(N)c2ccccc2c1O. The first-order valence-corrected chi connectivity index (χ1v) is 21.4. The van der Waals surface area contributed by atoms with Gasteiger partial charge in [0, 0.05) is 29.5 Å². The number of hydrogen-bond acceptors (Lipinski definition) is 3. The minimum absolute atomic E-state index is 0.0628. The van der Waals surface area contributed by atoms with Crippen LogP contribution in [0.3, 0.4) is 0 Å². The molecule has 0 aliphatic carbocycles. The first kappa shape index (κ1) is 42.9. The number of carbonyl (C=O) groups is 1. The largest absolute Gasteiger partial charge is 0.506 e. The van der Waals surface area contributed by atoms with Gasteiger partial charge in [0.15, 0.2) is 0 Å². The molecule has 0 bridgehead atoms. The van der Waals surface area contributed by atoms with Crippen LogP contribution in [0.15, 0.2) is 30.3 Å². The Labute approximate surface area is 303 Å². The van der Waals surface area contributed by atoms with Crippen molar-refractivity contribution in [3.05, 3.63) is 35.9 Å². The molecule has 0 heterocycles. The quantitative estimate of drug-likeness (QED) is 0.0448. The van der Waals surface area contributed by atoms with Gasteiger partial charge in [-0.3, -0.25) is 4.79 Å². The average molecular weight is 679 g/mol. The summed E-state index contributed by atoms with van der Waals surface area (Å²) < 4.78 is 0. The van der Waals surface area contributed by atoms with Crippen LogP contribution in [0.1, 0.15) is 217 Å². The summed E-state index contributed by atoms with van der Waals surface area (Å²) in [5.74, 6) is -0.0153. The average Bonchev–Trinajstić information content (AvgIpc) is 3.12. The highest BCUT2D eigenvalue weighted by molar-refractivity contribution is 6.07. The maximum Gasteiger partial charge on any atom is 0.257 e. The maximum absolute atomic E-state index is 13.8. The van der Waals surface area contributed by atoms with Crippen LogP contribution in [-0.2, 0) is 0 Å². The fourth-order valence-electron chi connectivity index (χ4n) is 7.38. The molecule has 0 aliphatic rings. The molecule has 0 fully saturated rings. The molecule has 0 saturated heterocycles. The Kier molecular flexibility index (Phi) is 25.8. The second-order valence-electron chi connectivity index (χ2n) is 15.1. The minimum atomic E-state index is -0.0781. The summed E-state index contributed by atoms with van der Waals surface area (Å²) in [5.41, 5.74) is 7.25. The van der Waals surface area contributed by atoms with E-state index in [0.29, 0.717) is 16.6 Å². The van der Waals surface area contributed by atoms with Crippen molar-refractivity contribution in [1.82, 2.24) is 4.90 Å². The lowest BCUT2D eigenvalue weighted by Gasteiger charge is -2.24. The van der Waals surface area contributed by atoms with Gasteiger partial charge in [-0.25, -0.2) is 0 Å². The van der Waals surface area contributed by atoms with Crippen molar-refractivity contribution in [3.8, 4) is 5.75 Å². The Morgan fingerprint density at radius 2 is 0.816 bits per heavy atom. The third-order valence-electron chi connectivity index (χ3n) is 10.6. The number of amides is 1. The standard InChI is InChI=1S/C45H78N2O2/c1-3-5-7-9-11-13-15-17-19-21-23-25-27-29-33-37-47(45(49)42-39-43(46)40-35-31-32-36-41(40)44(42)48)38-34-30-28-26-24-22-20-18-16-14-12-10-8-6-4-2/h31-32,35-36,39,48H,3-30,33-34,37-38,46H2,1-2H3. The molecule has 280 valence electrons. The number of hydrogen-bond donors (Lipinski definition) is 2. The molecule has 4 heteroatoms. The molecule has 3 N–H and O–H groups in total. The fraction of sp³-hybridized carbons (Fsp3) is 0.756. The molecule has 2 aromatic rings. The Hall–Kier alpha value is -2.23. The minimum Gasteiger partial charge on any atom is -0.506 e. The molecule has 0 spiro atoms. The lowest BCUT2D eigenvalue weighted by Crippen LogP contribution is -2.33. The zero-order chi connectivity index (χ0) is 35.2. The van der Waals surface area contributed by atoms with Crippen molar-refractivity contribution in [3.63, 3.8) is 0 Å². The van der Waals surface area contributed by atoms with Crippen LogP contribution in [0.25, 0.3) is 10.8 Å². The summed E-state index contributed by atoms with van der Waals surface area (Å²) >= 11 is 0. The van der Waals surface area contributed by atoms with Crippen LogP contribution in [0.5, 0.6) is 5.75 Å². The topological polar surface area (TPSA) is 66.6 Å². The predicted octanol–water partition coefficient (Wildman–Crippen LogP) is 14.3. The van der Waals surface area contributed by atoms with Gasteiger partial charge < -0.3 is 15.7 Å². The zero-order valence-corrected chi connectivity index (χ0v) is 32.4. The van der Waals surface area contributed by atoms with Gasteiger partial charge in [0.05, 0.1) is 5.56 Å². The highest BCUT2D eigenvalue weighted by Crippen LogP contribution is 2.34. The van der Waals surface area contributed by atoms with E-state index in [0.717, 1.165) is 44.2 Å². The van der Waals surface area contributed by atoms with Crippen LogP contribution in [-0.4, -0.2) is 29.0 Å². The van der Waals surface area contributed by atoms with Crippen molar-refractivity contribution < 1.29 is 9.90 Å². The molecule has 0 saturated carbocycles. The lowest BCUT2D eigenvalue weighted by atomic mass is 10.0. The number of anilines is 1. The third kappa shape index (κ3) is 19.7. The Balaban J connectivity index is 1.68. The number of unbranched alkanes of at least 4 members (excludes halogenated alkanes) is 28. The van der Waals surface area contributed by atoms with Gasteiger partial charge in [-0.15, -0.1) is 0 Å². The van der Waals surface area contributed by atoms with Gasteiger partial charge in [-0.2, -0.15) is 0 Å². The van der Waals surface area contributed by atoms with Crippen molar-refractivity contribution in [2.45, 2.75) is 206 Å². The summed E-state index contributed by atoms with van der Waals surface area (Å²) in [4.78, 5) is 15.8. The smallest absolute Gasteiger partial charge is 0.257 e. The fourth-order valence-corrected chi connectivity index (χ4v) is 7.38. The molecule has 0 unspecified atom stereocenters. The monoisotopic (exact) mass is 679 g/mol. The first-order chi connectivity index (χ1) is 24.1. The number of phenols is 1. The summed E-state index contributed by atoms with van der Waals surface area (Å²) in [6.07, 6.45) is 40.1. The predicted molar refractivity (Wildman–Crippen MR) is 216 cm³/mol. The summed E-state index contributed by atoms with van der Waals surface area (Å²) in [6.45, 7) is 6.08. The molecule has 1 amide bonds.